The first-order chi connectivity index (χ1) is 26.4. The predicted octanol–water partition coefficient (Wildman–Crippen LogP) is 4.39. The zero-order chi connectivity index (χ0) is 38.9. The number of carbonyl (C=O) groups is 1. The summed E-state index contributed by atoms with van der Waals surface area (Å²) >= 11 is 1.19. The van der Waals surface area contributed by atoms with E-state index in [4.69, 9.17) is 9.47 Å². The molecular weight excluding hydrogens is 740 g/mol. The molecule has 12 nitrogen and oxygen atoms in total. The topological polar surface area (TPSA) is 142 Å². The van der Waals surface area contributed by atoms with Gasteiger partial charge < -0.3 is 19.6 Å². The first-order valence-electron chi connectivity index (χ1n) is 18.1. The van der Waals surface area contributed by atoms with E-state index in [1.165, 1.54) is 58.4 Å². The van der Waals surface area contributed by atoms with Crippen molar-refractivity contribution in [3.8, 4) is 10.8 Å². The molecule has 2 atom stereocenters. The minimum atomic E-state index is -3.29. The molecule has 0 bridgehead atoms. The Bertz CT molecular complexity index is 2390. The summed E-state index contributed by atoms with van der Waals surface area (Å²) in [4.78, 5) is 55.4. The Morgan fingerprint density at radius 3 is 2.27 bits per heavy atom. The molecule has 1 saturated heterocycles. The minimum absolute atomic E-state index is 0.0214. The lowest BCUT2D eigenvalue weighted by molar-refractivity contribution is -0.119. The number of rotatable bonds is 14. The summed E-state index contributed by atoms with van der Waals surface area (Å²) in [7, 11) is -1.81. The molecule has 0 unspecified atom stereocenters. The fourth-order valence-corrected chi connectivity index (χ4v) is 12.7. The fraction of sp³-hybridized carbons (Fsp3) is 0.325. The molecule has 0 aliphatic carbocycles. The van der Waals surface area contributed by atoms with Gasteiger partial charge in [-0.25, -0.2) is 9.18 Å². The van der Waals surface area contributed by atoms with Crippen molar-refractivity contribution in [2.45, 2.75) is 63.8 Å². The van der Waals surface area contributed by atoms with Gasteiger partial charge in [0.25, 0.3) is 13.9 Å². The number of benzene rings is 3. The summed E-state index contributed by atoms with van der Waals surface area (Å²) in [6, 6.07) is 23.0. The first kappa shape index (κ1) is 38.1. The second kappa shape index (κ2) is 15.5. The van der Waals surface area contributed by atoms with Crippen LogP contribution < -0.4 is 31.7 Å². The molecule has 0 saturated carbocycles. The standard InChI is InChI=1S/C40H43FN6O6SSi/c1-26-35-36(49)46(28-23-34(48)42-24-28)39(50)45(38(35)54-37(26)47-43-19-20-44-47)25-33(31-22-27(41)16-17-32(31)52-4)53-21-11-18-40(2,3)55(51,29-12-7-5-8-13-29)30-14-9-6-10-15-30/h5-10,12-17,19-20,22,28,33,51H,11,18,21,23-25H2,1-4H3,(H,42,48)/t28-,33-/m0/s1. The summed E-state index contributed by atoms with van der Waals surface area (Å²) in [5.74, 6) is -0.396. The van der Waals surface area contributed by atoms with Gasteiger partial charge >= 0.3 is 5.69 Å². The van der Waals surface area contributed by atoms with Gasteiger partial charge in [-0.05, 0) is 53.4 Å². The number of ether oxygens (including phenoxy) is 2. The number of hydrogen-bond acceptors (Lipinski definition) is 9. The Morgan fingerprint density at radius 1 is 1.02 bits per heavy atom. The molecule has 7 rings (SSSR count). The zero-order valence-electron chi connectivity index (χ0n) is 31.1. The van der Waals surface area contributed by atoms with Gasteiger partial charge in [0.1, 0.15) is 27.5 Å². The SMILES string of the molecule is COc1ccc(F)cc1[C@H](Cn1c(=O)n([C@@H]2CNC(=O)C2)c(=O)c2c(C)c(-n3nccn3)sc21)OCCCC(C)(C)[Si](O)(c1ccccc1)c1ccccc1. The zero-order valence-corrected chi connectivity index (χ0v) is 32.9. The van der Waals surface area contributed by atoms with E-state index in [2.05, 4.69) is 29.4 Å². The second-order valence-corrected chi connectivity index (χ2v) is 19.3. The third-order valence-electron chi connectivity index (χ3n) is 10.7. The van der Waals surface area contributed by atoms with Crippen LogP contribution >= 0.6 is 11.3 Å². The number of fused-ring (bicyclic) bond motifs is 1. The predicted molar refractivity (Wildman–Crippen MR) is 212 cm³/mol. The van der Waals surface area contributed by atoms with Gasteiger partial charge in [-0.1, -0.05) is 85.8 Å². The molecule has 15 heteroatoms. The van der Waals surface area contributed by atoms with Crippen molar-refractivity contribution < 1.29 is 23.5 Å². The number of nitrogens with zero attached hydrogens (tertiary/aromatic N) is 5. The maximum Gasteiger partial charge on any atom is 0.332 e. The van der Waals surface area contributed by atoms with Gasteiger partial charge in [0.15, 0.2) is 0 Å². The summed E-state index contributed by atoms with van der Waals surface area (Å²) in [5.41, 5.74) is -0.162. The van der Waals surface area contributed by atoms with Crippen LogP contribution in [0.5, 0.6) is 5.75 Å². The Kier molecular flexibility index (Phi) is 10.7. The Labute approximate surface area is 321 Å². The number of carbonyl (C=O) groups excluding carboxylic acids is 1. The summed E-state index contributed by atoms with van der Waals surface area (Å²) in [5, 5.41) is 13.4. The van der Waals surface area contributed by atoms with Crippen LogP contribution in [0.1, 0.15) is 56.4 Å². The van der Waals surface area contributed by atoms with Crippen molar-refractivity contribution in [1.29, 1.82) is 0 Å². The van der Waals surface area contributed by atoms with Crippen molar-refractivity contribution in [1.82, 2.24) is 29.4 Å². The van der Waals surface area contributed by atoms with Crippen LogP contribution in [0.4, 0.5) is 4.39 Å². The third-order valence-corrected chi connectivity index (χ3v) is 16.5. The number of thiophene rings is 1. The van der Waals surface area contributed by atoms with E-state index in [1.807, 2.05) is 60.7 Å². The van der Waals surface area contributed by atoms with Crippen molar-refractivity contribution in [2.24, 2.45) is 0 Å². The number of aromatic nitrogens is 5. The molecule has 1 aliphatic heterocycles. The maximum atomic E-state index is 15.0. The average Bonchev–Trinajstić information content (AvgIpc) is 3.95. The minimum Gasteiger partial charge on any atom is -0.496 e. The van der Waals surface area contributed by atoms with Crippen molar-refractivity contribution in [3.05, 3.63) is 129 Å². The molecule has 0 spiro atoms. The van der Waals surface area contributed by atoms with Crippen LogP contribution in [0.15, 0.2) is 101 Å². The molecule has 1 amide bonds. The molecule has 6 aromatic rings. The van der Waals surface area contributed by atoms with Gasteiger partial charge in [0, 0.05) is 30.7 Å². The van der Waals surface area contributed by atoms with Crippen LogP contribution in [0, 0.1) is 12.7 Å². The van der Waals surface area contributed by atoms with E-state index < -0.39 is 42.6 Å². The highest BCUT2D eigenvalue weighted by Crippen LogP contribution is 2.40. The lowest BCUT2D eigenvalue weighted by Crippen LogP contribution is -2.65. The number of amides is 1. The highest BCUT2D eigenvalue weighted by Gasteiger charge is 2.49. The summed E-state index contributed by atoms with van der Waals surface area (Å²) < 4.78 is 29.9. The highest BCUT2D eigenvalue weighted by molar-refractivity contribution is 7.21. The average molecular weight is 783 g/mol. The Balaban J connectivity index is 1.26. The van der Waals surface area contributed by atoms with Crippen molar-refractivity contribution in [2.75, 3.05) is 20.3 Å². The molecule has 55 heavy (non-hydrogen) atoms. The van der Waals surface area contributed by atoms with E-state index in [0.717, 1.165) is 14.9 Å². The molecular formula is C40H43FN6O6SSi. The normalized spacial score (nSPS) is 15.4. The monoisotopic (exact) mass is 782 g/mol. The third kappa shape index (κ3) is 7.08. The number of aryl methyl sites for hydroxylation is 1. The maximum absolute atomic E-state index is 15.0. The van der Waals surface area contributed by atoms with E-state index in [0.29, 0.717) is 44.9 Å². The lowest BCUT2D eigenvalue weighted by atomic mass is 10.1. The largest absolute Gasteiger partial charge is 0.496 e. The van der Waals surface area contributed by atoms with Gasteiger partial charge in [-0.2, -0.15) is 10.2 Å². The Hall–Kier alpha value is -5.22. The molecule has 3 aromatic carbocycles. The summed E-state index contributed by atoms with van der Waals surface area (Å²) in [6.07, 6.45) is 3.24. The smallest absolute Gasteiger partial charge is 0.332 e. The second-order valence-electron chi connectivity index (χ2n) is 14.4. The van der Waals surface area contributed by atoms with Crippen LogP contribution in [0.25, 0.3) is 15.2 Å². The van der Waals surface area contributed by atoms with Crippen molar-refractivity contribution >= 4 is 46.2 Å². The molecule has 286 valence electrons. The van der Waals surface area contributed by atoms with Crippen molar-refractivity contribution in [3.63, 3.8) is 0 Å². The lowest BCUT2D eigenvalue weighted by Gasteiger charge is -2.41. The molecule has 1 fully saturated rings. The van der Waals surface area contributed by atoms with Gasteiger partial charge in [-0.15, -0.1) is 4.80 Å². The van der Waals surface area contributed by atoms with E-state index in [9.17, 15) is 23.6 Å². The molecule has 4 heterocycles. The highest BCUT2D eigenvalue weighted by atomic mass is 32.1. The van der Waals surface area contributed by atoms with E-state index in [-0.39, 0.29) is 32.0 Å². The van der Waals surface area contributed by atoms with Gasteiger partial charge in [-0.3, -0.25) is 18.7 Å². The van der Waals surface area contributed by atoms with Gasteiger partial charge in [0.05, 0.1) is 37.5 Å². The Morgan fingerprint density at radius 2 is 1.67 bits per heavy atom. The van der Waals surface area contributed by atoms with Crippen LogP contribution in [-0.4, -0.2) is 63.4 Å². The molecule has 1 aliphatic rings. The number of hydrogen-bond donors (Lipinski definition) is 2. The number of nitrogens with one attached hydrogen (secondary N) is 1. The summed E-state index contributed by atoms with van der Waals surface area (Å²) in [6.45, 7) is 6.17. The molecule has 2 N–H and O–H groups in total. The van der Waals surface area contributed by atoms with Crippen LogP contribution in [-0.2, 0) is 16.1 Å². The van der Waals surface area contributed by atoms with E-state index in [1.54, 1.807) is 6.92 Å². The van der Waals surface area contributed by atoms with Gasteiger partial charge in [0.2, 0.25) is 5.91 Å². The fourth-order valence-electron chi connectivity index (χ4n) is 7.71. The number of methoxy groups -OCH3 is 1. The number of halogens is 1. The van der Waals surface area contributed by atoms with Crippen LogP contribution in [0.3, 0.4) is 0 Å². The quantitative estimate of drug-likeness (QED) is 0.123. The van der Waals surface area contributed by atoms with E-state index >= 15 is 0 Å². The first-order valence-corrected chi connectivity index (χ1v) is 20.9. The molecule has 0 radical (unpaired) electrons. The van der Waals surface area contributed by atoms with Crippen LogP contribution in [0.2, 0.25) is 5.04 Å². The molecule has 3 aromatic heterocycles.